The van der Waals surface area contributed by atoms with Crippen molar-refractivity contribution < 1.29 is 4.39 Å². The van der Waals surface area contributed by atoms with Gasteiger partial charge in [-0.25, -0.2) is 14.5 Å². The Morgan fingerprint density at radius 3 is 3.10 bits per heavy atom. The van der Waals surface area contributed by atoms with Gasteiger partial charge in [0.05, 0.1) is 22.9 Å². The Morgan fingerprint density at radius 2 is 2.24 bits per heavy atom. The highest BCUT2D eigenvalue weighted by atomic mass is 35.5. The number of aromatic amines is 2. The number of anilines is 1. The van der Waals surface area contributed by atoms with Crippen LogP contribution in [0.25, 0.3) is 11.0 Å². The van der Waals surface area contributed by atoms with Crippen LogP contribution in [0.1, 0.15) is 5.82 Å². The number of halogens is 2. The summed E-state index contributed by atoms with van der Waals surface area (Å²) < 4.78 is 13.1. The molecule has 1 aromatic carbocycles. The van der Waals surface area contributed by atoms with Crippen molar-refractivity contribution in [1.29, 1.82) is 0 Å². The molecule has 0 aliphatic rings. The zero-order valence-corrected chi connectivity index (χ0v) is 11.5. The number of hydrogen-bond acceptors (Lipinski definition) is 4. The summed E-state index contributed by atoms with van der Waals surface area (Å²) in [6.45, 7) is 0.507. The molecule has 0 spiro atoms. The normalized spacial score (nSPS) is 11.0. The predicted molar refractivity (Wildman–Crippen MR) is 78.1 cm³/mol. The summed E-state index contributed by atoms with van der Waals surface area (Å²) in [5, 5.41) is 8.98. The molecule has 0 bridgehead atoms. The quantitative estimate of drug-likeness (QED) is 0.689. The Kier molecular flexibility index (Phi) is 3.57. The zero-order valence-electron chi connectivity index (χ0n) is 10.8. The molecular formula is C13H11ClFN5O. The highest BCUT2D eigenvalue weighted by Gasteiger charge is 2.06. The van der Waals surface area contributed by atoms with E-state index in [0.29, 0.717) is 29.7 Å². The van der Waals surface area contributed by atoms with Gasteiger partial charge in [-0.05, 0) is 18.2 Å². The van der Waals surface area contributed by atoms with E-state index in [2.05, 4.69) is 25.5 Å². The van der Waals surface area contributed by atoms with Gasteiger partial charge in [0, 0.05) is 13.0 Å². The van der Waals surface area contributed by atoms with E-state index in [-0.39, 0.29) is 10.8 Å². The lowest BCUT2D eigenvalue weighted by Crippen LogP contribution is -2.13. The van der Waals surface area contributed by atoms with Gasteiger partial charge in [0.2, 0.25) is 0 Å². The number of hydrogen-bond donors (Lipinski definition) is 3. The third-order valence-electron chi connectivity index (χ3n) is 2.97. The van der Waals surface area contributed by atoms with E-state index < -0.39 is 5.56 Å². The Balaban J connectivity index is 1.69. The van der Waals surface area contributed by atoms with Crippen LogP contribution in [0.15, 0.2) is 29.2 Å². The molecule has 3 N–H and O–H groups in total. The number of nitrogens with zero attached hydrogens (tertiary/aromatic N) is 2. The molecule has 21 heavy (non-hydrogen) atoms. The van der Waals surface area contributed by atoms with Gasteiger partial charge in [0.15, 0.2) is 0 Å². The maximum absolute atomic E-state index is 13.1. The van der Waals surface area contributed by atoms with Crippen LogP contribution in [0.5, 0.6) is 0 Å². The van der Waals surface area contributed by atoms with Crippen LogP contribution in [0.2, 0.25) is 5.02 Å². The molecule has 108 valence electrons. The number of benzene rings is 1. The van der Waals surface area contributed by atoms with E-state index >= 15 is 0 Å². The molecule has 3 aromatic rings. The summed E-state index contributed by atoms with van der Waals surface area (Å²) >= 11 is 5.85. The summed E-state index contributed by atoms with van der Waals surface area (Å²) in [6, 6.07) is 4.39. The number of rotatable bonds is 4. The van der Waals surface area contributed by atoms with Crippen LogP contribution in [0.4, 0.5) is 10.1 Å². The van der Waals surface area contributed by atoms with Crippen molar-refractivity contribution in [2.24, 2.45) is 0 Å². The SMILES string of the molecule is O=c1[nH]ncc(NCCc2nc3ccc(F)cc3[nH]2)c1Cl. The Bertz CT molecular complexity index is 844. The van der Waals surface area contributed by atoms with Gasteiger partial charge < -0.3 is 10.3 Å². The van der Waals surface area contributed by atoms with Gasteiger partial charge in [-0.15, -0.1) is 0 Å². The van der Waals surface area contributed by atoms with Crippen molar-refractivity contribution in [2.75, 3.05) is 11.9 Å². The van der Waals surface area contributed by atoms with Crippen LogP contribution in [0, 0.1) is 5.82 Å². The largest absolute Gasteiger partial charge is 0.382 e. The molecule has 0 amide bonds. The van der Waals surface area contributed by atoms with Gasteiger partial charge in [-0.3, -0.25) is 4.79 Å². The zero-order chi connectivity index (χ0) is 14.8. The van der Waals surface area contributed by atoms with Gasteiger partial charge >= 0.3 is 0 Å². The van der Waals surface area contributed by atoms with Crippen LogP contribution < -0.4 is 10.9 Å². The van der Waals surface area contributed by atoms with Crippen molar-refractivity contribution in [3.8, 4) is 0 Å². The van der Waals surface area contributed by atoms with E-state index in [1.165, 1.54) is 18.3 Å². The lowest BCUT2D eigenvalue weighted by molar-refractivity contribution is 0.629. The number of H-pyrrole nitrogens is 2. The number of nitrogens with one attached hydrogen (secondary N) is 3. The van der Waals surface area contributed by atoms with Gasteiger partial charge in [0.1, 0.15) is 16.7 Å². The van der Waals surface area contributed by atoms with Gasteiger partial charge in [-0.1, -0.05) is 11.6 Å². The monoisotopic (exact) mass is 307 g/mol. The third kappa shape index (κ3) is 2.87. The topological polar surface area (TPSA) is 86.5 Å². The molecule has 0 aliphatic heterocycles. The third-order valence-corrected chi connectivity index (χ3v) is 3.34. The molecule has 0 aliphatic carbocycles. The molecule has 2 heterocycles. The first kappa shape index (κ1) is 13.6. The fourth-order valence-electron chi connectivity index (χ4n) is 1.98. The van der Waals surface area contributed by atoms with E-state index in [0.717, 1.165) is 5.82 Å². The van der Waals surface area contributed by atoms with E-state index in [9.17, 15) is 9.18 Å². The van der Waals surface area contributed by atoms with Crippen molar-refractivity contribution >= 4 is 28.3 Å². The highest BCUT2D eigenvalue weighted by molar-refractivity contribution is 6.32. The van der Waals surface area contributed by atoms with Crippen molar-refractivity contribution in [1.82, 2.24) is 20.2 Å². The second kappa shape index (κ2) is 5.53. The molecule has 0 radical (unpaired) electrons. The summed E-state index contributed by atoms with van der Waals surface area (Å²) in [6.07, 6.45) is 2.01. The fraction of sp³-hybridized carbons (Fsp3) is 0.154. The molecule has 3 rings (SSSR count). The minimum absolute atomic E-state index is 0.0664. The van der Waals surface area contributed by atoms with Crippen LogP contribution in [-0.2, 0) is 6.42 Å². The van der Waals surface area contributed by atoms with Crippen LogP contribution >= 0.6 is 11.6 Å². The standard InChI is InChI=1S/C13H11ClFN5O/c14-12-10(6-17-20-13(12)21)16-4-3-11-18-8-2-1-7(15)5-9(8)19-11/h1-2,5-6H,3-4H2,(H,18,19)(H2,16,20,21). The van der Waals surface area contributed by atoms with Gasteiger partial charge in [-0.2, -0.15) is 5.10 Å². The van der Waals surface area contributed by atoms with Crippen molar-refractivity contribution in [2.45, 2.75) is 6.42 Å². The minimum atomic E-state index is -0.444. The summed E-state index contributed by atoms with van der Waals surface area (Å²) in [5.74, 6) is 0.411. The second-order valence-corrected chi connectivity index (χ2v) is 4.83. The average molecular weight is 308 g/mol. The summed E-state index contributed by atoms with van der Waals surface area (Å²) in [5.41, 5.74) is 1.38. The first-order valence-electron chi connectivity index (χ1n) is 6.24. The minimum Gasteiger partial charge on any atom is -0.382 e. The highest BCUT2D eigenvalue weighted by Crippen LogP contribution is 2.15. The number of imidazole rings is 1. The molecule has 0 atom stereocenters. The molecule has 0 saturated carbocycles. The maximum Gasteiger partial charge on any atom is 0.285 e. The van der Waals surface area contributed by atoms with Gasteiger partial charge in [0.25, 0.3) is 5.56 Å². The molecule has 2 aromatic heterocycles. The maximum atomic E-state index is 13.1. The molecule has 0 fully saturated rings. The lowest BCUT2D eigenvalue weighted by atomic mass is 10.3. The second-order valence-electron chi connectivity index (χ2n) is 4.45. The Hall–Kier alpha value is -2.41. The fourth-order valence-corrected chi connectivity index (χ4v) is 2.13. The first-order valence-corrected chi connectivity index (χ1v) is 6.62. The Labute approximate surface area is 123 Å². The lowest BCUT2D eigenvalue weighted by Gasteiger charge is -2.05. The number of aromatic nitrogens is 4. The molecule has 8 heteroatoms. The van der Waals surface area contributed by atoms with E-state index in [1.807, 2.05) is 0 Å². The van der Waals surface area contributed by atoms with Crippen molar-refractivity contribution in [3.63, 3.8) is 0 Å². The summed E-state index contributed by atoms with van der Waals surface area (Å²) in [7, 11) is 0. The molecule has 0 unspecified atom stereocenters. The molecule has 0 saturated heterocycles. The van der Waals surface area contributed by atoms with Crippen LogP contribution in [0.3, 0.4) is 0 Å². The van der Waals surface area contributed by atoms with E-state index in [4.69, 9.17) is 11.6 Å². The number of fused-ring (bicyclic) bond motifs is 1. The summed E-state index contributed by atoms with van der Waals surface area (Å²) in [4.78, 5) is 18.7. The average Bonchev–Trinajstić information content (AvgIpc) is 2.85. The van der Waals surface area contributed by atoms with E-state index in [1.54, 1.807) is 6.07 Å². The molecule has 6 nitrogen and oxygen atoms in total. The molecular weight excluding hydrogens is 297 g/mol. The Morgan fingerprint density at radius 1 is 1.38 bits per heavy atom. The van der Waals surface area contributed by atoms with Crippen molar-refractivity contribution in [3.05, 3.63) is 51.4 Å². The predicted octanol–water partition coefficient (Wildman–Crippen LogP) is 2.09. The smallest absolute Gasteiger partial charge is 0.285 e. The first-order chi connectivity index (χ1) is 10.1. The van der Waals surface area contributed by atoms with Crippen LogP contribution in [-0.4, -0.2) is 26.7 Å².